The van der Waals surface area contributed by atoms with E-state index in [1.807, 2.05) is 0 Å². The van der Waals surface area contributed by atoms with Crippen LogP contribution in [0.3, 0.4) is 0 Å². The van der Waals surface area contributed by atoms with Crippen molar-refractivity contribution < 1.29 is 0 Å². The molecule has 0 saturated heterocycles. The van der Waals surface area contributed by atoms with Crippen LogP contribution in [0.4, 0.5) is 0 Å². The molecule has 2 atom stereocenters. The summed E-state index contributed by atoms with van der Waals surface area (Å²) in [6.07, 6.45) is 3.95. The summed E-state index contributed by atoms with van der Waals surface area (Å²) in [5, 5.41) is 0. The average Bonchev–Trinajstić information content (AvgIpc) is 2.32. The lowest BCUT2D eigenvalue weighted by atomic mass is 10.0. The summed E-state index contributed by atoms with van der Waals surface area (Å²) in [6, 6.07) is 1.48. The van der Waals surface area contributed by atoms with E-state index in [1.165, 1.54) is 45.4 Å². The molecule has 0 radical (unpaired) electrons. The van der Waals surface area contributed by atoms with E-state index >= 15 is 0 Å². The van der Waals surface area contributed by atoms with E-state index in [0.29, 0.717) is 6.04 Å². The first-order valence-electron chi connectivity index (χ1n) is 7.62. The quantitative estimate of drug-likeness (QED) is 0.577. The van der Waals surface area contributed by atoms with E-state index in [9.17, 15) is 0 Å². The van der Waals surface area contributed by atoms with Gasteiger partial charge in [0.1, 0.15) is 0 Å². The van der Waals surface area contributed by atoms with Crippen LogP contribution in [-0.4, -0.2) is 48.1 Å². The minimum absolute atomic E-state index is 0.710. The highest BCUT2D eigenvalue weighted by Crippen LogP contribution is 2.16. The molecule has 0 aliphatic heterocycles. The zero-order valence-corrected chi connectivity index (χ0v) is 13.0. The van der Waals surface area contributed by atoms with Gasteiger partial charge in [0.25, 0.3) is 0 Å². The molecule has 0 amide bonds. The predicted octanol–water partition coefficient (Wildman–Crippen LogP) is 3.62. The SMILES string of the molecule is CCCC(CC(C)N(CC)CC)N(CC)CC. The monoisotopic (exact) mass is 242 g/mol. The van der Waals surface area contributed by atoms with Crippen molar-refractivity contribution in [2.75, 3.05) is 26.2 Å². The molecule has 0 N–H and O–H groups in total. The molecule has 0 aliphatic rings. The van der Waals surface area contributed by atoms with Gasteiger partial charge >= 0.3 is 0 Å². The fourth-order valence-corrected chi connectivity index (χ4v) is 2.91. The lowest BCUT2D eigenvalue weighted by Gasteiger charge is -2.35. The molecule has 0 aromatic carbocycles. The average molecular weight is 242 g/mol. The van der Waals surface area contributed by atoms with E-state index in [1.54, 1.807) is 0 Å². The van der Waals surface area contributed by atoms with Crippen molar-refractivity contribution in [3.05, 3.63) is 0 Å². The van der Waals surface area contributed by atoms with Crippen molar-refractivity contribution in [3.8, 4) is 0 Å². The van der Waals surface area contributed by atoms with Crippen LogP contribution in [0.2, 0.25) is 0 Å². The summed E-state index contributed by atoms with van der Waals surface area (Å²) >= 11 is 0. The standard InChI is InChI=1S/C15H34N2/c1-7-12-15(17(10-4)11-5)13-14(6)16(8-2)9-3/h14-15H,7-13H2,1-6H3. The van der Waals surface area contributed by atoms with E-state index in [0.717, 1.165) is 6.04 Å². The van der Waals surface area contributed by atoms with Crippen LogP contribution in [0, 0.1) is 0 Å². The smallest absolute Gasteiger partial charge is 0.0110 e. The first-order chi connectivity index (χ1) is 8.14. The first kappa shape index (κ1) is 16.9. The zero-order valence-electron chi connectivity index (χ0n) is 13.0. The second kappa shape index (κ2) is 9.90. The predicted molar refractivity (Wildman–Crippen MR) is 78.6 cm³/mol. The first-order valence-corrected chi connectivity index (χ1v) is 7.62. The van der Waals surface area contributed by atoms with Crippen molar-refractivity contribution in [3.63, 3.8) is 0 Å². The van der Waals surface area contributed by atoms with Crippen LogP contribution in [0.1, 0.15) is 60.8 Å². The summed E-state index contributed by atoms with van der Waals surface area (Å²) in [6.45, 7) is 18.5. The Bertz CT molecular complexity index is 162. The van der Waals surface area contributed by atoms with E-state index in [-0.39, 0.29) is 0 Å². The molecule has 2 heteroatoms. The summed E-state index contributed by atoms with van der Waals surface area (Å²) in [4.78, 5) is 5.20. The fourth-order valence-electron chi connectivity index (χ4n) is 2.91. The minimum Gasteiger partial charge on any atom is -0.301 e. The summed E-state index contributed by atoms with van der Waals surface area (Å²) in [7, 11) is 0. The van der Waals surface area contributed by atoms with Crippen molar-refractivity contribution in [2.45, 2.75) is 72.9 Å². The third kappa shape index (κ3) is 5.87. The largest absolute Gasteiger partial charge is 0.301 e. The van der Waals surface area contributed by atoms with E-state index in [2.05, 4.69) is 51.3 Å². The molecule has 0 aromatic rings. The molecular weight excluding hydrogens is 208 g/mol. The van der Waals surface area contributed by atoms with Gasteiger partial charge in [-0.3, -0.25) is 0 Å². The van der Waals surface area contributed by atoms with Gasteiger partial charge in [-0.25, -0.2) is 0 Å². The van der Waals surface area contributed by atoms with Crippen molar-refractivity contribution in [1.29, 1.82) is 0 Å². The van der Waals surface area contributed by atoms with Gasteiger partial charge in [-0.05, 0) is 45.9 Å². The maximum absolute atomic E-state index is 2.63. The Hall–Kier alpha value is -0.0800. The van der Waals surface area contributed by atoms with Gasteiger partial charge in [0, 0.05) is 12.1 Å². The molecule has 0 spiro atoms. The maximum atomic E-state index is 2.63. The summed E-state index contributed by atoms with van der Waals surface area (Å²) in [5.41, 5.74) is 0. The van der Waals surface area contributed by atoms with Gasteiger partial charge in [0.15, 0.2) is 0 Å². The lowest BCUT2D eigenvalue weighted by molar-refractivity contribution is 0.138. The Morgan fingerprint density at radius 2 is 1.24 bits per heavy atom. The van der Waals surface area contributed by atoms with Crippen LogP contribution in [0.25, 0.3) is 0 Å². The van der Waals surface area contributed by atoms with Crippen molar-refractivity contribution in [1.82, 2.24) is 9.80 Å². The van der Waals surface area contributed by atoms with Gasteiger partial charge in [0.2, 0.25) is 0 Å². The van der Waals surface area contributed by atoms with Crippen LogP contribution < -0.4 is 0 Å². The highest BCUT2D eigenvalue weighted by molar-refractivity contribution is 4.76. The Morgan fingerprint density at radius 1 is 0.765 bits per heavy atom. The number of hydrogen-bond donors (Lipinski definition) is 0. The molecule has 2 unspecified atom stereocenters. The van der Waals surface area contributed by atoms with Gasteiger partial charge in [-0.1, -0.05) is 41.0 Å². The molecule has 0 heterocycles. The molecule has 0 aliphatic carbocycles. The summed E-state index contributed by atoms with van der Waals surface area (Å²) in [5.74, 6) is 0. The second-order valence-corrected chi connectivity index (χ2v) is 4.97. The normalized spacial score (nSPS) is 15.5. The molecule has 0 rings (SSSR count). The molecule has 0 bridgehead atoms. The fraction of sp³-hybridized carbons (Fsp3) is 1.00. The number of hydrogen-bond acceptors (Lipinski definition) is 2. The number of nitrogens with zero attached hydrogens (tertiary/aromatic N) is 2. The highest BCUT2D eigenvalue weighted by Gasteiger charge is 2.20. The van der Waals surface area contributed by atoms with Gasteiger partial charge in [0.05, 0.1) is 0 Å². The van der Waals surface area contributed by atoms with Crippen molar-refractivity contribution >= 4 is 0 Å². The zero-order chi connectivity index (χ0) is 13.3. The Labute approximate surface area is 109 Å². The second-order valence-electron chi connectivity index (χ2n) is 4.97. The van der Waals surface area contributed by atoms with Gasteiger partial charge in [-0.2, -0.15) is 0 Å². The third-order valence-electron chi connectivity index (χ3n) is 4.00. The topological polar surface area (TPSA) is 6.48 Å². The molecule has 0 saturated carbocycles. The summed E-state index contributed by atoms with van der Waals surface area (Å²) < 4.78 is 0. The minimum atomic E-state index is 0.710. The van der Waals surface area contributed by atoms with E-state index < -0.39 is 0 Å². The molecule has 0 aromatic heterocycles. The molecule has 104 valence electrons. The van der Waals surface area contributed by atoms with Crippen LogP contribution in [0.15, 0.2) is 0 Å². The molecule has 0 fully saturated rings. The molecular formula is C15H34N2. The van der Waals surface area contributed by atoms with Crippen molar-refractivity contribution in [2.24, 2.45) is 0 Å². The van der Waals surface area contributed by atoms with Crippen LogP contribution in [0.5, 0.6) is 0 Å². The van der Waals surface area contributed by atoms with E-state index in [4.69, 9.17) is 0 Å². The van der Waals surface area contributed by atoms with Gasteiger partial charge in [-0.15, -0.1) is 0 Å². The Morgan fingerprint density at radius 3 is 1.59 bits per heavy atom. The molecule has 2 nitrogen and oxygen atoms in total. The van der Waals surface area contributed by atoms with Crippen LogP contribution >= 0.6 is 0 Å². The van der Waals surface area contributed by atoms with Crippen LogP contribution in [-0.2, 0) is 0 Å². The Kier molecular flexibility index (Phi) is 9.85. The lowest BCUT2D eigenvalue weighted by Crippen LogP contribution is -2.42. The highest BCUT2D eigenvalue weighted by atomic mass is 15.2. The maximum Gasteiger partial charge on any atom is 0.0110 e. The Balaban J connectivity index is 4.40. The molecule has 17 heavy (non-hydrogen) atoms. The van der Waals surface area contributed by atoms with Gasteiger partial charge < -0.3 is 9.80 Å². The third-order valence-corrected chi connectivity index (χ3v) is 4.00. The number of rotatable bonds is 10.